The molecule has 0 radical (unpaired) electrons. The van der Waals surface area contributed by atoms with Gasteiger partial charge in [-0.15, -0.1) is 0 Å². The summed E-state index contributed by atoms with van der Waals surface area (Å²) in [6, 6.07) is 2.19. The molecule has 0 aromatic carbocycles. The van der Waals surface area contributed by atoms with Crippen LogP contribution in [-0.2, 0) is 14.4 Å². The van der Waals surface area contributed by atoms with Gasteiger partial charge in [-0.25, -0.2) is 9.59 Å². The maximum Gasteiger partial charge on any atom is 0.490 e. The molecule has 0 spiro atoms. The van der Waals surface area contributed by atoms with E-state index >= 15 is 0 Å². The Kier molecular flexibility index (Phi) is 11.5. The van der Waals surface area contributed by atoms with Gasteiger partial charge in [-0.1, -0.05) is 0 Å². The van der Waals surface area contributed by atoms with Crippen molar-refractivity contribution in [3.63, 3.8) is 0 Å². The minimum Gasteiger partial charge on any atom is -0.475 e. The molecule has 1 aromatic heterocycles. The van der Waals surface area contributed by atoms with Crippen LogP contribution in [0.25, 0.3) is 0 Å². The summed E-state index contributed by atoms with van der Waals surface area (Å²) in [7, 11) is 4.03. The molecule has 2 atom stereocenters. The number of carbonyl (C=O) groups is 4. The molecule has 0 bridgehead atoms. The number of carbonyl (C=O) groups excluding carboxylic acids is 2. The number of piperidine rings is 1. The molecule has 0 unspecified atom stereocenters. The second-order valence-electron chi connectivity index (χ2n) is 8.71. The van der Waals surface area contributed by atoms with Gasteiger partial charge < -0.3 is 24.9 Å². The Morgan fingerprint density at radius 2 is 1.53 bits per heavy atom. The predicted octanol–water partition coefficient (Wildman–Crippen LogP) is 2.42. The van der Waals surface area contributed by atoms with Crippen LogP contribution in [0.3, 0.4) is 0 Å². The van der Waals surface area contributed by atoms with Crippen LogP contribution in [0.15, 0.2) is 18.5 Å². The van der Waals surface area contributed by atoms with Crippen molar-refractivity contribution < 1.29 is 55.7 Å². The van der Waals surface area contributed by atoms with E-state index in [9.17, 15) is 35.9 Å². The van der Waals surface area contributed by atoms with Crippen molar-refractivity contribution in [3.8, 4) is 0 Å². The number of carboxylic acid groups (broad SMARTS) is 2. The van der Waals surface area contributed by atoms with Gasteiger partial charge >= 0.3 is 24.3 Å². The third-order valence-electron chi connectivity index (χ3n) is 5.54. The van der Waals surface area contributed by atoms with Crippen LogP contribution in [0.2, 0.25) is 0 Å². The first-order valence-corrected chi connectivity index (χ1v) is 11.1. The fourth-order valence-electron chi connectivity index (χ4n) is 3.84. The van der Waals surface area contributed by atoms with Crippen LogP contribution in [0.5, 0.6) is 0 Å². The summed E-state index contributed by atoms with van der Waals surface area (Å²) < 4.78 is 63.5. The molecule has 2 aliphatic rings. The van der Waals surface area contributed by atoms with E-state index in [1.54, 1.807) is 12.4 Å². The van der Waals surface area contributed by atoms with E-state index in [1.165, 1.54) is 0 Å². The number of likely N-dealkylation sites (N-methyl/N-ethyl adjacent to an activating group) is 1. The van der Waals surface area contributed by atoms with Gasteiger partial charge in [-0.2, -0.15) is 26.3 Å². The highest BCUT2D eigenvalue weighted by Gasteiger charge is 2.45. The molecular weight excluding hydrogens is 530 g/mol. The van der Waals surface area contributed by atoms with Crippen molar-refractivity contribution in [2.45, 2.75) is 50.6 Å². The van der Waals surface area contributed by atoms with Gasteiger partial charge in [0.2, 0.25) is 5.91 Å². The zero-order valence-electron chi connectivity index (χ0n) is 20.7. The van der Waals surface area contributed by atoms with Crippen LogP contribution >= 0.6 is 0 Å². The molecule has 2 amide bonds. The number of likely N-dealkylation sites (tertiary alicyclic amines) is 2. The Bertz CT molecular complexity index is 977. The van der Waals surface area contributed by atoms with E-state index in [4.69, 9.17) is 19.8 Å². The first-order valence-electron chi connectivity index (χ1n) is 11.1. The lowest BCUT2D eigenvalue weighted by Gasteiger charge is -2.40. The molecule has 2 saturated heterocycles. The lowest BCUT2D eigenvalue weighted by Crippen LogP contribution is -2.54. The summed E-state index contributed by atoms with van der Waals surface area (Å²) in [5, 5.41) is 14.2. The standard InChI is InChI=1S/C18H26N4O2.2C2HF3O2/c1-13-10-14(12-19-11-13)18(24)22-7-6-16-15(22)4-5-17(23)21(16)9-8-20(2)3;2*3-2(4,5)1(6)7/h10-12,15-16H,4-9H2,1-3H3;2*(H,6,7)/t15-,16-;;/m1../s1. The number of rotatable bonds is 4. The fourth-order valence-corrected chi connectivity index (χ4v) is 3.84. The number of hydrogen-bond donors (Lipinski definition) is 2. The van der Waals surface area contributed by atoms with Gasteiger partial charge in [0.05, 0.1) is 17.6 Å². The summed E-state index contributed by atoms with van der Waals surface area (Å²) in [5.74, 6) is -5.25. The van der Waals surface area contributed by atoms with E-state index < -0.39 is 24.3 Å². The number of aliphatic carboxylic acids is 2. The van der Waals surface area contributed by atoms with Crippen molar-refractivity contribution in [3.05, 3.63) is 29.6 Å². The smallest absolute Gasteiger partial charge is 0.475 e. The van der Waals surface area contributed by atoms with Crippen LogP contribution in [-0.4, -0.2) is 112 Å². The molecule has 16 heteroatoms. The second-order valence-corrected chi connectivity index (χ2v) is 8.71. The average Bonchev–Trinajstić information content (AvgIpc) is 3.21. The van der Waals surface area contributed by atoms with Crippen LogP contribution in [0.4, 0.5) is 26.3 Å². The van der Waals surface area contributed by atoms with Crippen molar-refractivity contribution in [1.82, 2.24) is 19.7 Å². The van der Waals surface area contributed by atoms with Crippen molar-refractivity contribution in [2.24, 2.45) is 0 Å². The highest BCUT2D eigenvalue weighted by molar-refractivity contribution is 5.94. The molecule has 0 aliphatic carbocycles. The highest BCUT2D eigenvalue weighted by Crippen LogP contribution is 2.32. The lowest BCUT2D eigenvalue weighted by molar-refractivity contribution is -0.193. The molecule has 0 saturated carbocycles. The predicted molar refractivity (Wildman–Crippen MR) is 119 cm³/mol. The van der Waals surface area contributed by atoms with Gasteiger partial charge in [0, 0.05) is 38.4 Å². The quantitative estimate of drug-likeness (QED) is 0.539. The Labute approximate surface area is 213 Å². The molecule has 214 valence electrons. The Balaban J connectivity index is 0.000000426. The van der Waals surface area contributed by atoms with Gasteiger partial charge in [0.25, 0.3) is 5.91 Å². The summed E-state index contributed by atoms with van der Waals surface area (Å²) in [5.41, 5.74) is 1.63. The van der Waals surface area contributed by atoms with Gasteiger partial charge in [0.15, 0.2) is 0 Å². The van der Waals surface area contributed by atoms with Gasteiger partial charge in [-0.3, -0.25) is 14.6 Å². The molecule has 3 rings (SSSR count). The third-order valence-corrected chi connectivity index (χ3v) is 5.54. The van der Waals surface area contributed by atoms with Crippen molar-refractivity contribution >= 4 is 23.8 Å². The Morgan fingerprint density at radius 1 is 1.00 bits per heavy atom. The molecule has 3 heterocycles. The zero-order valence-corrected chi connectivity index (χ0v) is 20.7. The first kappa shape index (κ1) is 32.6. The number of amides is 2. The molecule has 1 aromatic rings. The average molecular weight is 558 g/mol. The second kappa shape index (κ2) is 13.4. The van der Waals surface area contributed by atoms with E-state index in [2.05, 4.69) is 9.88 Å². The largest absolute Gasteiger partial charge is 0.490 e. The Hall–Kier alpha value is -3.43. The van der Waals surface area contributed by atoms with Crippen molar-refractivity contribution in [2.75, 3.05) is 33.7 Å². The number of fused-ring (bicyclic) bond motifs is 1. The summed E-state index contributed by atoms with van der Waals surface area (Å²) >= 11 is 0. The number of aryl methyl sites for hydroxylation is 1. The zero-order chi connectivity index (χ0) is 29.4. The number of nitrogens with zero attached hydrogens (tertiary/aromatic N) is 4. The molecule has 2 aliphatic heterocycles. The third kappa shape index (κ3) is 9.79. The van der Waals surface area contributed by atoms with Crippen molar-refractivity contribution in [1.29, 1.82) is 0 Å². The summed E-state index contributed by atoms with van der Waals surface area (Å²) in [4.78, 5) is 53.2. The van der Waals surface area contributed by atoms with Gasteiger partial charge in [0.1, 0.15) is 0 Å². The number of aromatic nitrogens is 1. The number of alkyl halides is 6. The van der Waals surface area contributed by atoms with Crippen LogP contribution in [0, 0.1) is 6.92 Å². The SMILES string of the molecule is Cc1cncc(C(=O)N2CC[C@@H]3[C@H]2CCC(=O)N3CCN(C)C)c1.O=C(O)C(F)(F)F.O=C(O)C(F)(F)F. The minimum absolute atomic E-state index is 0.0422. The maximum absolute atomic E-state index is 12.9. The van der Waals surface area contributed by atoms with E-state index in [-0.39, 0.29) is 23.9 Å². The van der Waals surface area contributed by atoms with Crippen LogP contribution < -0.4 is 0 Å². The molecule has 10 nitrogen and oxygen atoms in total. The van der Waals surface area contributed by atoms with E-state index in [0.29, 0.717) is 18.5 Å². The number of halogens is 6. The normalized spacial score (nSPS) is 19.2. The molecular formula is C22H28F6N4O6. The molecule has 2 fully saturated rings. The first-order chi connectivity index (χ1) is 17.4. The van der Waals surface area contributed by atoms with Crippen LogP contribution in [0.1, 0.15) is 35.2 Å². The Morgan fingerprint density at radius 3 is 1.97 bits per heavy atom. The summed E-state index contributed by atoms with van der Waals surface area (Å²) in [6.45, 7) is 4.25. The van der Waals surface area contributed by atoms with E-state index in [1.807, 2.05) is 36.9 Å². The lowest BCUT2D eigenvalue weighted by atomic mass is 9.96. The van der Waals surface area contributed by atoms with E-state index in [0.717, 1.165) is 31.5 Å². The topological polar surface area (TPSA) is 131 Å². The number of carboxylic acids is 2. The maximum atomic E-state index is 12.9. The fraction of sp³-hybridized carbons (Fsp3) is 0.591. The minimum atomic E-state index is -5.08. The molecule has 38 heavy (non-hydrogen) atoms. The number of hydrogen-bond acceptors (Lipinski definition) is 6. The number of pyridine rings is 1. The highest BCUT2D eigenvalue weighted by atomic mass is 19.4. The van der Waals surface area contributed by atoms with Gasteiger partial charge in [-0.05, 0) is 45.5 Å². The molecule has 2 N–H and O–H groups in total. The summed E-state index contributed by atoms with van der Waals surface area (Å²) in [6.07, 6.45) is -4.60. The monoisotopic (exact) mass is 558 g/mol.